The van der Waals surface area contributed by atoms with Crippen LogP contribution in [0.4, 0.5) is 0 Å². The molecule has 1 heterocycles. The first-order valence-electron chi connectivity index (χ1n) is 4.83. The van der Waals surface area contributed by atoms with Crippen molar-refractivity contribution < 1.29 is 9.47 Å². The van der Waals surface area contributed by atoms with Gasteiger partial charge in [0.15, 0.2) is 0 Å². The molecule has 0 N–H and O–H groups in total. The van der Waals surface area contributed by atoms with E-state index in [1.165, 1.54) is 0 Å². The Balaban J connectivity index is 2.36. The lowest BCUT2D eigenvalue weighted by Crippen LogP contribution is -2.35. The van der Waals surface area contributed by atoms with E-state index < -0.39 is 0 Å². The average molecular weight is 182 g/mol. The van der Waals surface area contributed by atoms with E-state index in [-0.39, 0.29) is 12.2 Å². The lowest BCUT2D eigenvalue weighted by Gasteiger charge is -2.30. The van der Waals surface area contributed by atoms with E-state index in [9.17, 15) is 0 Å². The minimum absolute atomic E-state index is 0.200. The summed E-state index contributed by atoms with van der Waals surface area (Å²) < 4.78 is 11.2. The van der Waals surface area contributed by atoms with E-state index in [4.69, 9.17) is 9.47 Å². The van der Waals surface area contributed by atoms with Crippen LogP contribution in [-0.2, 0) is 9.47 Å². The van der Waals surface area contributed by atoms with Gasteiger partial charge in [-0.05, 0) is 19.3 Å². The highest BCUT2D eigenvalue weighted by Crippen LogP contribution is 2.19. The molecule has 0 aromatic carbocycles. The SMILES string of the molecule is C=CCO[C@H]1CCCO[C@@H]1CC=C. The first-order valence-corrected chi connectivity index (χ1v) is 4.83. The van der Waals surface area contributed by atoms with E-state index >= 15 is 0 Å². The molecule has 0 unspecified atom stereocenters. The molecule has 1 rings (SSSR count). The zero-order chi connectivity index (χ0) is 9.52. The molecule has 0 aromatic heterocycles. The van der Waals surface area contributed by atoms with Gasteiger partial charge < -0.3 is 9.47 Å². The van der Waals surface area contributed by atoms with Gasteiger partial charge in [0.05, 0.1) is 18.8 Å². The Hall–Kier alpha value is -0.600. The summed E-state index contributed by atoms with van der Waals surface area (Å²) >= 11 is 0. The fourth-order valence-corrected chi connectivity index (χ4v) is 1.58. The third kappa shape index (κ3) is 3.33. The lowest BCUT2D eigenvalue weighted by molar-refractivity contribution is -0.0970. The second-order valence-corrected chi connectivity index (χ2v) is 3.24. The maximum absolute atomic E-state index is 5.61. The monoisotopic (exact) mass is 182 g/mol. The normalized spacial score (nSPS) is 28.3. The van der Waals surface area contributed by atoms with Crippen molar-refractivity contribution in [1.82, 2.24) is 0 Å². The minimum atomic E-state index is 0.200. The number of rotatable bonds is 5. The van der Waals surface area contributed by atoms with Crippen LogP contribution < -0.4 is 0 Å². The standard InChI is InChI=1S/C11H18O2/c1-3-6-10-11(12-8-4-2)7-5-9-13-10/h3-4,10-11H,1-2,5-9H2/t10-,11+/m1/s1. The van der Waals surface area contributed by atoms with Crippen LogP contribution in [0.5, 0.6) is 0 Å². The summed E-state index contributed by atoms with van der Waals surface area (Å²) in [7, 11) is 0. The van der Waals surface area contributed by atoms with Crippen LogP contribution in [0, 0.1) is 0 Å². The number of hydrogen-bond acceptors (Lipinski definition) is 2. The van der Waals surface area contributed by atoms with Crippen LogP contribution in [0.3, 0.4) is 0 Å². The molecule has 1 saturated heterocycles. The van der Waals surface area contributed by atoms with Crippen LogP contribution in [0.25, 0.3) is 0 Å². The first-order chi connectivity index (χ1) is 6.38. The van der Waals surface area contributed by atoms with Gasteiger partial charge in [0.2, 0.25) is 0 Å². The van der Waals surface area contributed by atoms with Gasteiger partial charge in [-0.3, -0.25) is 0 Å². The number of hydrogen-bond donors (Lipinski definition) is 0. The van der Waals surface area contributed by atoms with Gasteiger partial charge in [-0.25, -0.2) is 0 Å². The molecule has 2 atom stereocenters. The summed E-state index contributed by atoms with van der Waals surface area (Å²) in [6.45, 7) is 8.81. The molecule has 1 aliphatic rings. The van der Waals surface area contributed by atoms with Crippen molar-refractivity contribution in [2.45, 2.75) is 31.5 Å². The van der Waals surface area contributed by atoms with Crippen molar-refractivity contribution in [3.8, 4) is 0 Å². The average Bonchev–Trinajstić information content (AvgIpc) is 2.17. The molecule has 0 spiro atoms. The summed E-state index contributed by atoms with van der Waals surface area (Å²) in [5, 5.41) is 0. The Labute approximate surface area is 80.2 Å². The van der Waals surface area contributed by atoms with Gasteiger partial charge in [0.25, 0.3) is 0 Å². The third-order valence-corrected chi connectivity index (χ3v) is 2.21. The van der Waals surface area contributed by atoms with Crippen LogP contribution in [0.1, 0.15) is 19.3 Å². The van der Waals surface area contributed by atoms with Crippen molar-refractivity contribution in [3.63, 3.8) is 0 Å². The van der Waals surface area contributed by atoms with Gasteiger partial charge in [0, 0.05) is 6.61 Å². The van der Waals surface area contributed by atoms with E-state index in [1.54, 1.807) is 6.08 Å². The van der Waals surface area contributed by atoms with Gasteiger partial charge in [-0.1, -0.05) is 12.2 Å². The summed E-state index contributed by atoms with van der Waals surface area (Å²) in [4.78, 5) is 0. The van der Waals surface area contributed by atoms with Gasteiger partial charge in [-0.15, -0.1) is 13.2 Å². The van der Waals surface area contributed by atoms with Crippen molar-refractivity contribution in [1.29, 1.82) is 0 Å². The van der Waals surface area contributed by atoms with Crippen molar-refractivity contribution in [2.24, 2.45) is 0 Å². The summed E-state index contributed by atoms with van der Waals surface area (Å²) in [5.41, 5.74) is 0. The van der Waals surface area contributed by atoms with Crippen LogP contribution in [0.2, 0.25) is 0 Å². The topological polar surface area (TPSA) is 18.5 Å². The molecule has 2 heteroatoms. The molecule has 0 radical (unpaired) electrons. The van der Waals surface area contributed by atoms with E-state index in [0.717, 1.165) is 25.9 Å². The highest BCUT2D eigenvalue weighted by molar-refractivity contribution is 4.83. The quantitative estimate of drug-likeness (QED) is 0.607. The van der Waals surface area contributed by atoms with E-state index in [1.807, 2.05) is 6.08 Å². The van der Waals surface area contributed by atoms with Crippen LogP contribution in [-0.4, -0.2) is 25.4 Å². The summed E-state index contributed by atoms with van der Waals surface area (Å²) in [6.07, 6.45) is 7.15. The van der Waals surface area contributed by atoms with E-state index in [2.05, 4.69) is 13.2 Å². The zero-order valence-electron chi connectivity index (χ0n) is 8.08. The Morgan fingerprint density at radius 2 is 2.23 bits per heavy atom. The van der Waals surface area contributed by atoms with Crippen molar-refractivity contribution in [2.75, 3.05) is 13.2 Å². The molecule has 13 heavy (non-hydrogen) atoms. The van der Waals surface area contributed by atoms with Gasteiger partial charge >= 0.3 is 0 Å². The lowest BCUT2D eigenvalue weighted by atomic mass is 10.0. The Morgan fingerprint density at radius 1 is 1.38 bits per heavy atom. The maximum Gasteiger partial charge on any atom is 0.0871 e. The Kier molecular flexibility index (Phi) is 4.79. The molecule has 0 bridgehead atoms. The Morgan fingerprint density at radius 3 is 2.92 bits per heavy atom. The molecule has 0 aromatic rings. The maximum atomic E-state index is 5.61. The highest BCUT2D eigenvalue weighted by Gasteiger charge is 2.24. The largest absolute Gasteiger partial charge is 0.375 e. The first kappa shape index (κ1) is 10.5. The predicted molar refractivity (Wildman–Crippen MR) is 53.7 cm³/mol. The second kappa shape index (κ2) is 5.95. The molecule has 0 aliphatic carbocycles. The molecule has 0 amide bonds. The molecule has 74 valence electrons. The van der Waals surface area contributed by atoms with Crippen LogP contribution in [0.15, 0.2) is 25.3 Å². The smallest absolute Gasteiger partial charge is 0.0871 e. The van der Waals surface area contributed by atoms with Crippen molar-refractivity contribution in [3.05, 3.63) is 25.3 Å². The highest BCUT2D eigenvalue weighted by atomic mass is 16.5. The van der Waals surface area contributed by atoms with E-state index in [0.29, 0.717) is 6.61 Å². The summed E-state index contributed by atoms with van der Waals surface area (Å²) in [5.74, 6) is 0. The van der Waals surface area contributed by atoms with Gasteiger partial charge in [-0.2, -0.15) is 0 Å². The van der Waals surface area contributed by atoms with Gasteiger partial charge in [0.1, 0.15) is 0 Å². The van der Waals surface area contributed by atoms with Crippen LogP contribution >= 0.6 is 0 Å². The minimum Gasteiger partial charge on any atom is -0.375 e. The molecular weight excluding hydrogens is 164 g/mol. The summed E-state index contributed by atoms with van der Waals surface area (Å²) in [6, 6.07) is 0. The zero-order valence-corrected chi connectivity index (χ0v) is 8.08. The predicted octanol–water partition coefficient (Wildman–Crippen LogP) is 2.31. The molecule has 0 saturated carbocycles. The molecular formula is C11H18O2. The molecule has 2 nitrogen and oxygen atoms in total. The Bertz CT molecular complexity index is 165. The van der Waals surface area contributed by atoms with Crippen molar-refractivity contribution >= 4 is 0 Å². The second-order valence-electron chi connectivity index (χ2n) is 3.24. The fraction of sp³-hybridized carbons (Fsp3) is 0.636. The molecule has 1 aliphatic heterocycles. The molecule has 1 fully saturated rings. The third-order valence-electron chi connectivity index (χ3n) is 2.21. The fourth-order valence-electron chi connectivity index (χ4n) is 1.58. The number of ether oxygens (including phenoxy) is 2.